The minimum Gasteiger partial charge on any atom is -0.481 e. The van der Waals surface area contributed by atoms with E-state index in [4.69, 9.17) is 5.11 Å². The standard InChI is InChI=1S/C13H21F3N2O2/c1-9-7-17-5-3-2-4-10(17)8-18(9)11(6-12(19)20)13(14,15)16/h9-11H,2-8H2,1H3,(H,19,20). The Morgan fingerprint density at radius 2 is 2.05 bits per heavy atom. The third-order valence-electron chi connectivity index (χ3n) is 4.38. The van der Waals surface area contributed by atoms with Crippen LogP contribution >= 0.6 is 0 Å². The Bertz CT molecular complexity index is 362. The van der Waals surface area contributed by atoms with Gasteiger partial charge in [-0.25, -0.2) is 0 Å². The minimum atomic E-state index is -4.50. The minimum absolute atomic E-state index is 0.138. The van der Waals surface area contributed by atoms with Gasteiger partial charge in [0, 0.05) is 25.2 Å². The zero-order valence-corrected chi connectivity index (χ0v) is 11.6. The summed E-state index contributed by atoms with van der Waals surface area (Å²) in [6.07, 6.45) is -2.33. The number of carboxylic acids is 1. The Morgan fingerprint density at radius 3 is 2.65 bits per heavy atom. The third-order valence-corrected chi connectivity index (χ3v) is 4.38. The first-order valence-corrected chi connectivity index (χ1v) is 7.07. The highest BCUT2D eigenvalue weighted by molar-refractivity contribution is 5.67. The number of carbonyl (C=O) groups is 1. The van der Waals surface area contributed by atoms with Crippen LogP contribution in [0.2, 0.25) is 0 Å². The van der Waals surface area contributed by atoms with Crippen LogP contribution in [0.4, 0.5) is 13.2 Å². The molecular weight excluding hydrogens is 273 g/mol. The van der Waals surface area contributed by atoms with Crippen LogP contribution in [0.15, 0.2) is 0 Å². The summed E-state index contributed by atoms with van der Waals surface area (Å²) in [5.74, 6) is -1.40. The van der Waals surface area contributed by atoms with Crippen molar-refractivity contribution in [3.8, 4) is 0 Å². The normalized spacial score (nSPS) is 30.8. The Hall–Kier alpha value is -0.820. The van der Waals surface area contributed by atoms with Gasteiger partial charge in [-0.05, 0) is 26.3 Å². The highest BCUT2D eigenvalue weighted by Crippen LogP contribution is 2.33. The number of hydrogen-bond acceptors (Lipinski definition) is 3. The monoisotopic (exact) mass is 294 g/mol. The quantitative estimate of drug-likeness (QED) is 0.864. The molecule has 7 heteroatoms. The van der Waals surface area contributed by atoms with Gasteiger partial charge in [0.1, 0.15) is 6.04 Å². The molecule has 116 valence electrons. The van der Waals surface area contributed by atoms with Crippen LogP contribution in [0.3, 0.4) is 0 Å². The summed E-state index contributed by atoms with van der Waals surface area (Å²) >= 11 is 0. The number of alkyl halides is 3. The van der Waals surface area contributed by atoms with Gasteiger partial charge in [-0.3, -0.25) is 14.6 Å². The molecule has 3 atom stereocenters. The summed E-state index contributed by atoms with van der Waals surface area (Å²) in [4.78, 5) is 14.3. The topological polar surface area (TPSA) is 43.8 Å². The number of carboxylic acid groups (broad SMARTS) is 1. The van der Waals surface area contributed by atoms with Gasteiger partial charge >= 0.3 is 12.1 Å². The van der Waals surface area contributed by atoms with E-state index in [0.717, 1.165) is 25.8 Å². The molecule has 0 radical (unpaired) electrons. The fraction of sp³-hybridized carbons (Fsp3) is 0.923. The van der Waals surface area contributed by atoms with Crippen molar-refractivity contribution >= 4 is 5.97 Å². The molecule has 4 nitrogen and oxygen atoms in total. The second-order valence-corrected chi connectivity index (χ2v) is 5.85. The van der Waals surface area contributed by atoms with Gasteiger partial charge in [0.15, 0.2) is 0 Å². The summed E-state index contributed by atoms with van der Waals surface area (Å²) in [6.45, 7) is 3.61. The lowest BCUT2D eigenvalue weighted by Gasteiger charge is -2.50. The van der Waals surface area contributed by atoms with E-state index >= 15 is 0 Å². The lowest BCUT2D eigenvalue weighted by atomic mass is 9.95. The van der Waals surface area contributed by atoms with Gasteiger partial charge in [-0.1, -0.05) is 6.42 Å². The second kappa shape index (κ2) is 5.89. The molecule has 2 heterocycles. The summed E-state index contributed by atoms with van der Waals surface area (Å²) in [5.41, 5.74) is 0. The van der Waals surface area contributed by atoms with Crippen molar-refractivity contribution in [1.82, 2.24) is 9.80 Å². The first kappa shape index (κ1) is 15.6. The zero-order chi connectivity index (χ0) is 14.9. The zero-order valence-electron chi connectivity index (χ0n) is 11.6. The van der Waals surface area contributed by atoms with E-state index in [-0.39, 0.29) is 12.1 Å². The van der Waals surface area contributed by atoms with Crippen LogP contribution in [0.25, 0.3) is 0 Å². The molecule has 2 rings (SSSR count). The maximum atomic E-state index is 13.1. The number of hydrogen-bond donors (Lipinski definition) is 1. The number of rotatable bonds is 3. The Kier molecular flexibility index (Phi) is 4.59. The molecule has 0 aliphatic carbocycles. The molecule has 0 saturated carbocycles. The lowest BCUT2D eigenvalue weighted by molar-refractivity contribution is -0.203. The molecule has 20 heavy (non-hydrogen) atoms. The molecule has 0 amide bonds. The van der Waals surface area contributed by atoms with Gasteiger partial charge in [-0.15, -0.1) is 0 Å². The van der Waals surface area contributed by atoms with Gasteiger partial charge in [0.25, 0.3) is 0 Å². The van der Waals surface area contributed by atoms with E-state index < -0.39 is 24.6 Å². The maximum absolute atomic E-state index is 13.1. The van der Waals surface area contributed by atoms with E-state index in [2.05, 4.69) is 4.90 Å². The number of halogens is 3. The molecule has 1 N–H and O–H groups in total. The van der Waals surface area contributed by atoms with E-state index in [1.54, 1.807) is 6.92 Å². The molecule has 2 saturated heterocycles. The average molecular weight is 294 g/mol. The SMILES string of the molecule is CC1CN2CCCCC2CN1C(CC(=O)O)C(F)(F)F. The van der Waals surface area contributed by atoms with Crippen molar-refractivity contribution in [2.75, 3.05) is 19.6 Å². The van der Waals surface area contributed by atoms with Crippen LogP contribution in [0.1, 0.15) is 32.6 Å². The fourth-order valence-electron chi connectivity index (χ4n) is 3.40. The van der Waals surface area contributed by atoms with Crippen LogP contribution in [-0.4, -0.2) is 64.8 Å². The van der Waals surface area contributed by atoms with Gasteiger partial charge in [0.05, 0.1) is 6.42 Å². The molecule has 2 aliphatic heterocycles. The van der Waals surface area contributed by atoms with E-state index in [9.17, 15) is 18.0 Å². The van der Waals surface area contributed by atoms with E-state index in [1.165, 1.54) is 4.90 Å². The van der Waals surface area contributed by atoms with Crippen molar-refractivity contribution in [1.29, 1.82) is 0 Å². The van der Waals surface area contributed by atoms with Crippen molar-refractivity contribution in [3.05, 3.63) is 0 Å². The number of fused-ring (bicyclic) bond motifs is 1. The first-order valence-electron chi connectivity index (χ1n) is 7.07. The highest BCUT2D eigenvalue weighted by Gasteiger charge is 2.48. The van der Waals surface area contributed by atoms with Crippen molar-refractivity contribution < 1.29 is 23.1 Å². The van der Waals surface area contributed by atoms with Crippen LogP contribution in [0, 0.1) is 0 Å². The highest BCUT2D eigenvalue weighted by atomic mass is 19.4. The number of nitrogens with zero attached hydrogens (tertiary/aromatic N) is 2. The van der Waals surface area contributed by atoms with Crippen molar-refractivity contribution in [3.63, 3.8) is 0 Å². The van der Waals surface area contributed by atoms with Gasteiger partial charge < -0.3 is 5.11 Å². The maximum Gasteiger partial charge on any atom is 0.404 e. The summed E-state index contributed by atoms with van der Waals surface area (Å²) in [5, 5.41) is 8.76. The Morgan fingerprint density at radius 1 is 1.35 bits per heavy atom. The molecule has 3 unspecified atom stereocenters. The molecule has 0 bridgehead atoms. The van der Waals surface area contributed by atoms with Crippen LogP contribution < -0.4 is 0 Å². The number of piperidine rings is 1. The van der Waals surface area contributed by atoms with Crippen molar-refractivity contribution in [2.45, 2.75) is 56.9 Å². The van der Waals surface area contributed by atoms with Gasteiger partial charge in [0.2, 0.25) is 0 Å². The number of piperazine rings is 1. The fourth-order valence-corrected chi connectivity index (χ4v) is 3.40. The van der Waals surface area contributed by atoms with Crippen LogP contribution in [0.5, 0.6) is 0 Å². The molecule has 0 spiro atoms. The largest absolute Gasteiger partial charge is 0.481 e. The second-order valence-electron chi connectivity index (χ2n) is 5.85. The predicted molar refractivity (Wildman–Crippen MR) is 67.5 cm³/mol. The summed E-state index contributed by atoms with van der Waals surface area (Å²) < 4.78 is 39.4. The summed E-state index contributed by atoms with van der Waals surface area (Å²) in [6, 6.07) is -2.01. The average Bonchev–Trinajstić information content (AvgIpc) is 2.34. The molecule has 2 fully saturated rings. The Labute approximate surface area is 116 Å². The Balaban J connectivity index is 2.13. The van der Waals surface area contributed by atoms with Gasteiger partial charge in [-0.2, -0.15) is 13.2 Å². The number of aliphatic carboxylic acids is 1. The third kappa shape index (κ3) is 3.44. The van der Waals surface area contributed by atoms with E-state index in [0.29, 0.717) is 13.1 Å². The van der Waals surface area contributed by atoms with E-state index in [1.807, 2.05) is 0 Å². The van der Waals surface area contributed by atoms with Crippen LogP contribution in [-0.2, 0) is 4.79 Å². The predicted octanol–water partition coefficient (Wildman–Crippen LogP) is 1.95. The lowest BCUT2D eigenvalue weighted by Crippen LogP contribution is -2.63. The molecule has 2 aliphatic rings. The molecule has 0 aromatic carbocycles. The first-order chi connectivity index (χ1) is 9.29. The molecule has 0 aromatic rings. The molecular formula is C13H21F3N2O2. The molecule has 0 aromatic heterocycles. The summed E-state index contributed by atoms with van der Waals surface area (Å²) in [7, 11) is 0. The van der Waals surface area contributed by atoms with Crippen molar-refractivity contribution in [2.24, 2.45) is 0 Å². The smallest absolute Gasteiger partial charge is 0.404 e.